The monoisotopic (exact) mass is 428 g/mol. The number of aliphatic hydroxyl groups excluding tert-OH is 1. The van der Waals surface area contributed by atoms with Gasteiger partial charge in [0.05, 0.1) is 6.10 Å². The number of pyridine rings is 1. The van der Waals surface area contributed by atoms with Crippen molar-refractivity contribution in [1.82, 2.24) is 14.5 Å². The number of rotatable bonds is 5. The fourth-order valence-corrected chi connectivity index (χ4v) is 4.02. The Morgan fingerprint density at radius 3 is 2.63 bits per heavy atom. The fourth-order valence-electron chi connectivity index (χ4n) is 3.79. The largest absolute Gasteiger partial charge is 0.480 e. The summed E-state index contributed by atoms with van der Waals surface area (Å²) in [6, 6.07) is 8.66. The molecule has 2 aromatic heterocycles. The Labute approximate surface area is 177 Å². The Kier molecular flexibility index (Phi) is 5.69. The number of aromatic nitrogens is 3. The smallest absolute Gasteiger partial charge is 0.323 e. The fraction of sp³-hybridized carbons (Fsp3) is 0.333. The molecule has 0 saturated heterocycles. The molecule has 3 N–H and O–H groups in total. The Balaban J connectivity index is 1.79. The summed E-state index contributed by atoms with van der Waals surface area (Å²) in [6.45, 7) is -0.528. The molecule has 1 aliphatic rings. The molecule has 0 amide bonds. The van der Waals surface area contributed by atoms with Crippen molar-refractivity contribution in [2.24, 2.45) is 0 Å². The Hall–Kier alpha value is -2.97. The Morgan fingerprint density at radius 1 is 1.20 bits per heavy atom. The molecule has 9 heteroatoms. The quantitative estimate of drug-likeness (QED) is 0.571. The highest BCUT2D eigenvalue weighted by Crippen LogP contribution is 2.27. The number of carboxylic acid groups (broad SMARTS) is 1. The van der Waals surface area contributed by atoms with E-state index in [1.54, 1.807) is 36.5 Å². The third-order valence-electron chi connectivity index (χ3n) is 5.31. The van der Waals surface area contributed by atoms with Gasteiger partial charge in [-0.3, -0.25) is 14.2 Å². The third kappa shape index (κ3) is 4.15. The molecule has 3 aromatic rings. The van der Waals surface area contributed by atoms with Crippen LogP contribution in [0, 0.1) is 0 Å². The van der Waals surface area contributed by atoms with Crippen LogP contribution in [-0.2, 0) is 11.3 Å². The molecular formula is C21H21ClN4O4. The second-order valence-electron chi connectivity index (χ2n) is 7.45. The van der Waals surface area contributed by atoms with E-state index in [2.05, 4.69) is 15.3 Å². The second kappa shape index (κ2) is 8.41. The molecule has 0 atom stereocenters. The number of anilines is 1. The number of nitrogens with zero attached hydrogens (tertiary/aromatic N) is 3. The number of aliphatic hydroxyl groups is 1. The van der Waals surface area contributed by atoms with Crippen LogP contribution in [-0.4, -0.2) is 42.9 Å². The molecule has 1 fully saturated rings. The standard InChI is InChI=1S/C21H21ClN4O4/c22-17-4-2-1-3-15(17)16-9-12-10-23-21(24-13-5-7-14(27)8-6-13)25-19(12)26(20(16)30)11-18(28)29/h1-4,9-10,13-14,27H,5-8,11H2,(H,28,29)(H,23,24,25). The molecule has 0 radical (unpaired) electrons. The maximum Gasteiger partial charge on any atom is 0.323 e. The third-order valence-corrected chi connectivity index (χ3v) is 5.64. The first-order valence-corrected chi connectivity index (χ1v) is 10.1. The number of aliphatic carboxylic acids is 1. The zero-order valence-electron chi connectivity index (χ0n) is 16.1. The van der Waals surface area contributed by atoms with Gasteiger partial charge in [0.2, 0.25) is 5.95 Å². The van der Waals surface area contributed by atoms with Crippen LogP contribution < -0.4 is 10.9 Å². The van der Waals surface area contributed by atoms with E-state index in [9.17, 15) is 19.8 Å². The van der Waals surface area contributed by atoms with Gasteiger partial charge < -0.3 is 15.5 Å². The highest BCUT2D eigenvalue weighted by molar-refractivity contribution is 6.33. The highest BCUT2D eigenvalue weighted by atomic mass is 35.5. The van der Waals surface area contributed by atoms with E-state index in [1.165, 1.54) is 0 Å². The van der Waals surface area contributed by atoms with Gasteiger partial charge in [-0.2, -0.15) is 4.98 Å². The second-order valence-corrected chi connectivity index (χ2v) is 7.85. The number of carboxylic acids is 1. The average Bonchev–Trinajstić information content (AvgIpc) is 2.72. The van der Waals surface area contributed by atoms with E-state index in [0.717, 1.165) is 17.4 Å². The van der Waals surface area contributed by atoms with Gasteiger partial charge in [0.15, 0.2) is 0 Å². The van der Waals surface area contributed by atoms with E-state index < -0.39 is 18.1 Å². The number of halogens is 1. The van der Waals surface area contributed by atoms with Gasteiger partial charge in [-0.05, 0) is 37.8 Å². The number of benzene rings is 1. The molecule has 0 spiro atoms. The van der Waals surface area contributed by atoms with Gasteiger partial charge in [0.25, 0.3) is 5.56 Å². The summed E-state index contributed by atoms with van der Waals surface area (Å²) < 4.78 is 1.13. The van der Waals surface area contributed by atoms with E-state index in [4.69, 9.17) is 11.6 Å². The first-order valence-electron chi connectivity index (χ1n) is 9.74. The number of fused-ring (bicyclic) bond motifs is 1. The molecular weight excluding hydrogens is 408 g/mol. The Bertz CT molecular complexity index is 1160. The lowest BCUT2D eigenvalue weighted by molar-refractivity contribution is -0.137. The van der Waals surface area contributed by atoms with Crippen molar-refractivity contribution in [3.05, 3.63) is 51.9 Å². The summed E-state index contributed by atoms with van der Waals surface area (Å²) in [7, 11) is 0. The van der Waals surface area contributed by atoms with Crippen LogP contribution >= 0.6 is 11.6 Å². The van der Waals surface area contributed by atoms with Gasteiger partial charge >= 0.3 is 5.97 Å². The van der Waals surface area contributed by atoms with Gasteiger partial charge in [0.1, 0.15) is 12.2 Å². The van der Waals surface area contributed by atoms with Crippen molar-refractivity contribution in [3.8, 4) is 11.1 Å². The zero-order chi connectivity index (χ0) is 21.3. The molecule has 1 saturated carbocycles. The minimum atomic E-state index is -1.15. The number of hydrogen-bond acceptors (Lipinski definition) is 6. The summed E-state index contributed by atoms with van der Waals surface area (Å²) in [5.41, 5.74) is 0.572. The molecule has 2 heterocycles. The van der Waals surface area contributed by atoms with Gasteiger partial charge in [-0.1, -0.05) is 29.8 Å². The van der Waals surface area contributed by atoms with Crippen molar-refractivity contribution in [2.75, 3.05) is 5.32 Å². The Morgan fingerprint density at radius 2 is 1.93 bits per heavy atom. The molecule has 1 aliphatic carbocycles. The highest BCUT2D eigenvalue weighted by Gasteiger charge is 2.21. The number of hydrogen-bond donors (Lipinski definition) is 3. The van der Waals surface area contributed by atoms with Crippen LogP contribution in [0.1, 0.15) is 25.7 Å². The van der Waals surface area contributed by atoms with Gasteiger partial charge in [0, 0.05) is 33.8 Å². The van der Waals surface area contributed by atoms with E-state index in [1.807, 2.05) is 0 Å². The molecule has 1 aromatic carbocycles. The lowest BCUT2D eigenvalue weighted by atomic mass is 9.93. The van der Waals surface area contributed by atoms with Crippen LogP contribution in [0.15, 0.2) is 41.3 Å². The number of carbonyl (C=O) groups is 1. The summed E-state index contributed by atoms with van der Waals surface area (Å²) in [5, 5.41) is 23.2. The average molecular weight is 429 g/mol. The summed E-state index contributed by atoms with van der Waals surface area (Å²) in [4.78, 5) is 33.4. The maximum absolute atomic E-state index is 13.1. The van der Waals surface area contributed by atoms with Crippen molar-refractivity contribution < 1.29 is 15.0 Å². The van der Waals surface area contributed by atoms with E-state index >= 15 is 0 Å². The minimum Gasteiger partial charge on any atom is -0.480 e. The summed E-state index contributed by atoms with van der Waals surface area (Å²) in [5.74, 6) is -0.822. The minimum absolute atomic E-state index is 0.118. The lowest BCUT2D eigenvalue weighted by Gasteiger charge is -2.26. The first kappa shape index (κ1) is 20.3. The van der Waals surface area contributed by atoms with Crippen molar-refractivity contribution >= 4 is 34.6 Å². The van der Waals surface area contributed by atoms with Crippen molar-refractivity contribution in [2.45, 2.75) is 44.4 Å². The predicted octanol–water partition coefficient (Wildman–Crippen LogP) is 2.91. The predicted molar refractivity (Wildman–Crippen MR) is 114 cm³/mol. The van der Waals surface area contributed by atoms with Crippen molar-refractivity contribution in [3.63, 3.8) is 0 Å². The molecule has 0 unspecified atom stereocenters. The number of nitrogens with one attached hydrogen (secondary N) is 1. The van der Waals surface area contributed by atoms with E-state index in [0.29, 0.717) is 40.3 Å². The van der Waals surface area contributed by atoms with Crippen LogP contribution in [0.2, 0.25) is 5.02 Å². The van der Waals surface area contributed by atoms with Crippen LogP contribution in [0.25, 0.3) is 22.2 Å². The lowest BCUT2D eigenvalue weighted by Crippen LogP contribution is -2.29. The molecule has 30 heavy (non-hydrogen) atoms. The normalized spacial score (nSPS) is 19.0. The van der Waals surface area contributed by atoms with Crippen LogP contribution in [0.3, 0.4) is 0 Å². The van der Waals surface area contributed by atoms with Crippen LogP contribution in [0.5, 0.6) is 0 Å². The summed E-state index contributed by atoms with van der Waals surface area (Å²) >= 11 is 6.26. The summed E-state index contributed by atoms with van der Waals surface area (Å²) in [6.07, 6.45) is 4.28. The van der Waals surface area contributed by atoms with E-state index in [-0.39, 0.29) is 17.8 Å². The van der Waals surface area contributed by atoms with Crippen LogP contribution in [0.4, 0.5) is 5.95 Å². The SMILES string of the molecule is O=C(O)Cn1c(=O)c(-c2ccccc2Cl)cc2cnc(NC3CCC(O)CC3)nc21. The van der Waals surface area contributed by atoms with Gasteiger partial charge in [-0.25, -0.2) is 4.98 Å². The first-order chi connectivity index (χ1) is 14.4. The molecule has 156 valence electrons. The topological polar surface area (TPSA) is 117 Å². The zero-order valence-corrected chi connectivity index (χ0v) is 16.8. The maximum atomic E-state index is 13.1. The molecule has 4 rings (SSSR count). The van der Waals surface area contributed by atoms with Crippen molar-refractivity contribution in [1.29, 1.82) is 0 Å². The molecule has 0 bridgehead atoms. The van der Waals surface area contributed by atoms with Gasteiger partial charge in [-0.15, -0.1) is 0 Å². The molecule has 0 aliphatic heterocycles. The molecule has 8 nitrogen and oxygen atoms in total.